The van der Waals surface area contributed by atoms with E-state index in [9.17, 15) is 4.79 Å². The average Bonchev–Trinajstić information content (AvgIpc) is 2.63. The second kappa shape index (κ2) is 10.2. The van der Waals surface area contributed by atoms with Crippen LogP contribution in [0.2, 0.25) is 0 Å². The van der Waals surface area contributed by atoms with Crippen LogP contribution in [0.25, 0.3) is 0 Å². The van der Waals surface area contributed by atoms with Gasteiger partial charge in [-0.15, -0.1) is 24.8 Å². The minimum atomic E-state index is -0.0554. The van der Waals surface area contributed by atoms with Gasteiger partial charge in [-0.3, -0.25) is 4.79 Å². The van der Waals surface area contributed by atoms with Gasteiger partial charge in [0, 0.05) is 31.5 Å². The van der Waals surface area contributed by atoms with Gasteiger partial charge in [0.15, 0.2) is 0 Å². The van der Waals surface area contributed by atoms with Gasteiger partial charge in [-0.2, -0.15) is 0 Å². The van der Waals surface area contributed by atoms with Crippen molar-refractivity contribution in [1.29, 1.82) is 0 Å². The van der Waals surface area contributed by atoms with Crippen molar-refractivity contribution in [3.8, 4) is 0 Å². The van der Waals surface area contributed by atoms with Crippen molar-refractivity contribution >= 4 is 42.2 Å². The number of benzene rings is 1. The first-order valence-electron chi connectivity index (χ1n) is 8.00. The summed E-state index contributed by atoms with van der Waals surface area (Å²) in [6.45, 7) is 1.88. The third kappa shape index (κ3) is 5.59. The van der Waals surface area contributed by atoms with Crippen molar-refractivity contribution in [3.05, 3.63) is 54.2 Å². The fourth-order valence-corrected chi connectivity index (χ4v) is 2.75. The van der Waals surface area contributed by atoms with Crippen molar-refractivity contribution < 1.29 is 4.79 Å². The van der Waals surface area contributed by atoms with Crippen molar-refractivity contribution in [2.45, 2.75) is 18.9 Å². The predicted molar refractivity (Wildman–Crippen MR) is 107 cm³/mol. The zero-order valence-corrected chi connectivity index (χ0v) is 15.8. The fourth-order valence-electron chi connectivity index (χ4n) is 2.75. The van der Waals surface area contributed by atoms with Crippen LogP contribution < -0.4 is 15.5 Å². The number of pyridine rings is 1. The molecule has 136 valence electrons. The summed E-state index contributed by atoms with van der Waals surface area (Å²) < 4.78 is 0. The third-order valence-electron chi connectivity index (χ3n) is 4.13. The molecule has 0 aliphatic carbocycles. The molecule has 1 fully saturated rings. The molecule has 1 amide bonds. The lowest BCUT2D eigenvalue weighted by Gasteiger charge is -2.24. The van der Waals surface area contributed by atoms with E-state index in [4.69, 9.17) is 0 Å². The number of hydrogen-bond donors (Lipinski definition) is 2. The van der Waals surface area contributed by atoms with Crippen molar-refractivity contribution in [3.63, 3.8) is 0 Å². The molecule has 2 heterocycles. The lowest BCUT2D eigenvalue weighted by molar-refractivity contribution is 0.0930. The number of nitrogens with zero attached hydrogens (tertiary/aromatic N) is 2. The molecule has 0 unspecified atom stereocenters. The van der Waals surface area contributed by atoms with Crippen LogP contribution in [0.4, 0.5) is 11.5 Å². The Morgan fingerprint density at radius 1 is 1.20 bits per heavy atom. The standard InChI is InChI=1S/C18H22N4O.2ClH/c1-22(16-7-3-2-4-8-16)17-10-9-14(12-20-17)18(23)21-15-6-5-11-19-13-15;;/h2-4,7-10,12,15,19H,5-6,11,13H2,1H3,(H,21,23);2*1H/t15-;;/m0../s1. The van der Waals surface area contributed by atoms with Gasteiger partial charge >= 0.3 is 0 Å². The van der Waals surface area contributed by atoms with Gasteiger partial charge in [-0.1, -0.05) is 18.2 Å². The summed E-state index contributed by atoms with van der Waals surface area (Å²) >= 11 is 0. The van der Waals surface area contributed by atoms with Crippen molar-refractivity contribution in [2.24, 2.45) is 0 Å². The Labute approximate surface area is 161 Å². The molecule has 7 heteroatoms. The minimum absolute atomic E-state index is 0. The molecule has 1 aliphatic heterocycles. The first kappa shape index (κ1) is 21.2. The van der Waals surface area contributed by atoms with Crippen LogP contribution in [0.3, 0.4) is 0 Å². The largest absolute Gasteiger partial charge is 0.348 e. The number of carbonyl (C=O) groups excluding carboxylic acids is 1. The van der Waals surface area contributed by atoms with Crippen LogP contribution in [0.1, 0.15) is 23.2 Å². The number of aromatic nitrogens is 1. The van der Waals surface area contributed by atoms with Crippen LogP contribution >= 0.6 is 24.8 Å². The SMILES string of the molecule is CN(c1ccccc1)c1ccc(C(=O)N[C@H]2CCCNC2)cn1.Cl.Cl. The van der Waals surface area contributed by atoms with Gasteiger partial charge in [0.05, 0.1) is 5.56 Å². The highest BCUT2D eigenvalue weighted by Gasteiger charge is 2.16. The van der Waals surface area contributed by atoms with E-state index in [-0.39, 0.29) is 36.8 Å². The van der Waals surface area contributed by atoms with Gasteiger partial charge in [0.2, 0.25) is 0 Å². The molecule has 0 spiro atoms. The number of carbonyl (C=O) groups is 1. The van der Waals surface area contributed by atoms with Crippen LogP contribution in [-0.2, 0) is 0 Å². The zero-order valence-electron chi connectivity index (χ0n) is 14.1. The first-order valence-corrected chi connectivity index (χ1v) is 8.00. The molecular weight excluding hydrogens is 359 g/mol. The van der Waals surface area contributed by atoms with Crippen molar-refractivity contribution in [1.82, 2.24) is 15.6 Å². The van der Waals surface area contributed by atoms with E-state index in [2.05, 4.69) is 15.6 Å². The molecule has 0 saturated carbocycles. The maximum Gasteiger partial charge on any atom is 0.253 e. The molecule has 5 nitrogen and oxygen atoms in total. The van der Waals surface area contributed by atoms with Crippen LogP contribution in [0.5, 0.6) is 0 Å². The summed E-state index contributed by atoms with van der Waals surface area (Å²) in [5, 5.41) is 6.36. The lowest BCUT2D eigenvalue weighted by Crippen LogP contribution is -2.45. The smallest absolute Gasteiger partial charge is 0.253 e. The molecule has 1 aromatic heterocycles. The maximum atomic E-state index is 12.3. The van der Waals surface area contributed by atoms with E-state index in [1.54, 1.807) is 6.20 Å². The summed E-state index contributed by atoms with van der Waals surface area (Å²) in [6, 6.07) is 13.9. The highest BCUT2D eigenvalue weighted by Crippen LogP contribution is 2.20. The number of nitrogens with one attached hydrogen (secondary N) is 2. The third-order valence-corrected chi connectivity index (χ3v) is 4.13. The van der Waals surface area contributed by atoms with E-state index in [0.717, 1.165) is 37.4 Å². The van der Waals surface area contributed by atoms with Crippen LogP contribution in [-0.4, -0.2) is 37.1 Å². The molecule has 1 aromatic carbocycles. The molecule has 2 N–H and O–H groups in total. The predicted octanol–water partition coefficient (Wildman–Crippen LogP) is 3.17. The highest BCUT2D eigenvalue weighted by atomic mass is 35.5. The Morgan fingerprint density at radius 2 is 1.96 bits per heavy atom. The number of anilines is 2. The quantitative estimate of drug-likeness (QED) is 0.852. The van der Waals surface area contributed by atoms with E-state index in [1.165, 1.54) is 0 Å². The summed E-state index contributed by atoms with van der Waals surface area (Å²) in [5.41, 5.74) is 1.66. The number of halogens is 2. The monoisotopic (exact) mass is 382 g/mol. The van der Waals surface area contributed by atoms with Crippen LogP contribution in [0.15, 0.2) is 48.7 Å². The molecule has 2 aromatic rings. The summed E-state index contributed by atoms with van der Waals surface area (Å²) in [6.07, 6.45) is 3.77. The van der Waals surface area contributed by atoms with Crippen molar-refractivity contribution in [2.75, 3.05) is 25.0 Å². The minimum Gasteiger partial charge on any atom is -0.348 e. The van der Waals surface area contributed by atoms with Gasteiger partial charge in [0.25, 0.3) is 5.91 Å². The van der Waals surface area contributed by atoms with E-state index in [0.29, 0.717) is 5.56 Å². The summed E-state index contributed by atoms with van der Waals surface area (Å²) in [5.74, 6) is 0.757. The Morgan fingerprint density at radius 3 is 2.56 bits per heavy atom. The number of hydrogen-bond acceptors (Lipinski definition) is 4. The summed E-state index contributed by atoms with van der Waals surface area (Å²) in [4.78, 5) is 18.7. The lowest BCUT2D eigenvalue weighted by atomic mass is 10.1. The number of piperidine rings is 1. The maximum absolute atomic E-state index is 12.3. The number of rotatable bonds is 4. The first-order chi connectivity index (χ1) is 11.2. The number of amides is 1. The van der Waals surface area contributed by atoms with E-state index >= 15 is 0 Å². The molecule has 1 aliphatic rings. The Balaban J connectivity index is 0.00000156. The molecule has 3 rings (SSSR count). The Bertz CT molecular complexity index is 646. The van der Waals surface area contributed by atoms with Gasteiger partial charge < -0.3 is 15.5 Å². The highest BCUT2D eigenvalue weighted by molar-refractivity contribution is 5.94. The Kier molecular flexibility index (Phi) is 8.69. The molecule has 25 heavy (non-hydrogen) atoms. The fraction of sp³-hybridized carbons (Fsp3) is 0.333. The molecule has 0 bridgehead atoms. The Hall–Kier alpha value is -1.82. The normalized spacial score (nSPS) is 16.1. The van der Waals surface area contributed by atoms with E-state index in [1.807, 2.05) is 54.4 Å². The topological polar surface area (TPSA) is 57.3 Å². The molecule has 1 atom stereocenters. The molecule has 0 radical (unpaired) electrons. The van der Waals surface area contributed by atoms with E-state index < -0.39 is 0 Å². The number of para-hydroxylation sites is 1. The summed E-state index contributed by atoms with van der Waals surface area (Å²) in [7, 11) is 1.96. The molecular formula is C18H24Cl2N4O. The average molecular weight is 383 g/mol. The van der Waals surface area contributed by atoms with Gasteiger partial charge in [0.1, 0.15) is 5.82 Å². The van der Waals surface area contributed by atoms with Gasteiger partial charge in [-0.05, 0) is 43.7 Å². The second-order valence-electron chi connectivity index (χ2n) is 5.82. The zero-order chi connectivity index (χ0) is 16.1. The second-order valence-corrected chi connectivity index (χ2v) is 5.82. The van der Waals surface area contributed by atoms with Gasteiger partial charge in [-0.25, -0.2) is 4.98 Å². The van der Waals surface area contributed by atoms with Crippen LogP contribution in [0, 0.1) is 0 Å². The molecule has 1 saturated heterocycles.